The topological polar surface area (TPSA) is 50.4 Å². The largest absolute Gasteiger partial charge is 0.384 e. The van der Waals surface area contributed by atoms with E-state index in [0.717, 1.165) is 5.57 Å². The number of amidine groups is 1. The van der Waals surface area contributed by atoms with Crippen LogP contribution >= 0.6 is 12.6 Å². The van der Waals surface area contributed by atoms with E-state index in [4.69, 9.17) is 5.73 Å². The summed E-state index contributed by atoms with van der Waals surface area (Å²) in [6.07, 6.45) is 1.81. The minimum absolute atomic E-state index is 0.173. The van der Waals surface area contributed by atoms with Crippen LogP contribution in [-0.2, 0) is 0 Å². The Morgan fingerprint density at radius 3 is 3.00 bits per heavy atom. The summed E-state index contributed by atoms with van der Waals surface area (Å²) in [7, 11) is 0. The molecule has 1 unspecified atom stereocenters. The Bertz CT molecular complexity index is 173. The maximum Gasteiger partial charge on any atom is 0.165 e. The summed E-state index contributed by atoms with van der Waals surface area (Å²) in [5, 5.41) is 2.90. The predicted molar refractivity (Wildman–Crippen MR) is 41.3 cm³/mol. The van der Waals surface area contributed by atoms with Gasteiger partial charge in [-0.25, -0.2) is 4.99 Å². The molecule has 0 radical (unpaired) electrons. The second-order valence-electron chi connectivity index (χ2n) is 1.88. The monoisotopic (exact) mass is 143 g/mol. The van der Waals surface area contributed by atoms with Crippen molar-refractivity contribution in [3.8, 4) is 0 Å². The quantitative estimate of drug-likeness (QED) is 0.420. The third kappa shape index (κ3) is 1.38. The smallest absolute Gasteiger partial charge is 0.165 e. The highest BCUT2D eigenvalue weighted by Crippen LogP contribution is 2.02. The van der Waals surface area contributed by atoms with Crippen molar-refractivity contribution in [2.45, 2.75) is 12.4 Å². The molecule has 1 aliphatic heterocycles. The van der Waals surface area contributed by atoms with Gasteiger partial charge in [0.15, 0.2) is 5.50 Å². The molecule has 0 aliphatic carbocycles. The molecular weight excluding hydrogens is 134 g/mol. The molecule has 4 heteroatoms. The lowest BCUT2D eigenvalue weighted by Gasteiger charge is -2.13. The lowest BCUT2D eigenvalue weighted by atomic mass is 10.3. The highest BCUT2D eigenvalue weighted by Gasteiger charge is 2.05. The van der Waals surface area contributed by atoms with Crippen LogP contribution < -0.4 is 11.1 Å². The number of nitrogens with two attached hydrogens (primary N) is 1. The molecule has 0 saturated heterocycles. The van der Waals surface area contributed by atoms with Crippen molar-refractivity contribution in [1.82, 2.24) is 5.32 Å². The molecule has 0 bridgehead atoms. The minimum atomic E-state index is -0.173. The summed E-state index contributed by atoms with van der Waals surface area (Å²) in [6.45, 7) is 1.89. The van der Waals surface area contributed by atoms with Gasteiger partial charge in [0.2, 0.25) is 0 Å². The van der Waals surface area contributed by atoms with Crippen LogP contribution in [0, 0.1) is 0 Å². The number of rotatable bonds is 0. The third-order valence-corrected chi connectivity index (χ3v) is 1.38. The highest BCUT2D eigenvalue weighted by molar-refractivity contribution is 7.80. The molecule has 3 N–H and O–H groups in total. The standard InChI is InChI=1S/C5H9N3S/c1-3-2-7-5(9)8-4(3)6/h2,5,7,9H,1H3,(H2,6,8). The van der Waals surface area contributed by atoms with Crippen LogP contribution in [0.4, 0.5) is 0 Å². The van der Waals surface area contributed by atoms with Crippen molar-refractivity contribution in [1.29, 1.82) is 0 Å². The Hall–Kier alpha value is -0.640. The molecule has 0 saturated carbocycles. The SMILES string of the molecule is CC1=CNC(S)N=C1N. The number of hydrogen-bond donors (Lipinski definition) is 3. The van der Waals surface area contributed by atoms with Gasteiger partial charge in [0.05, 0.1) is 0 Å². The lowest BCUT2D eigenvalue weighted by molar-refractivity contribution is 0.806. The van der Waals surface area contributed by atoms with Gasteiger partial charge in [-0.2, -0.15) is 0 Å². The van der Waals surface area contributed by atoms with Crippen LogP contribution in [0.5, 0.6) is 0 Å². The minimum Gasteiger partial charge on any atom is -0.384 e. The highest BCUT2D eigenvalue weighted by atomic mass is 32.1. The third-order valence-electron chi connectivity index (χ3n) is 1.11. The van der Waals surface area contributed by atoms with E-state index >= 15 is 0 Å². The molecule has 1 aliphatic rings. The van der Waals surface area contributed by atoms with Crippen molar-refractivity contribution >= 4 is 18.5 Å². The van der Waals surface area contributed by atoms with Gasteiger partial charge in [0.1, 0.15) is 5.84 Å². The summed E-state index contributed by atoms with van der Waals surface area (Å²) in [5.74, 6) is 0.564. The number of thiol groups is 1. The maximum absolute atomic E-state index is 5.46. The molecule has 0 spiro atoms. The molecule has 0 fully saturated rings. The summed E-state index contributed by atoms with van der Waals surface area (Å²) in [4.78, 5) is 3.94. The molecule has 0 aromatic carbocycles. The van der Waals surface area contributed by atoms with Crippen molar-refractivity contribution in [3.05, 3.63) is 11.8 Å². The summed E-state index contributed by atoms with van der Waals surface area (Å²) < 4.78 is 0. The van der Waals surface area contributed by atoms with Crippen LogP contribution in [0.15, 0.2) is 16.8 Å². The molecular formula is C5H9N3S. The Labute approximate surface area is 59.4 Å². The van der Waals surface area contributed by atoms with Crippen LogP contribution in [-0.4, -0.2) is 11.3 Å². The van der Waals surface area contributed by atoms with Crippen LogP contribution in [0.1, 0.15) is 6.92 Å². The first-order valence-corrected chi connectivity index (χ1v) is 3.16. The van der Waals surface area contributed by atoms with E-state index in [2.05, 4.69) is 22.9 Å². The van der Waals surface area contributed by atoms with Gasteiger partial charge in [-0.15, -0.1) is 12.6 Å². The zero-order chi connectivity index (χ0) is 6.85. The summed E-state index contributed by atoms with van der Waals surface area (Å²) >= 11 is 4.04. The lowest BCUT2D eigenvalue weighted by Crippen LogP contribution is -2.28. The van der Waals surface area contributed by atoms with Gasteiger partial charge in [-0.1, -0.05) is 0 Å². The van der Waals surface area contributed by atoms with Gasteiger partial charge >= 0.3 is 0 Å². The first-order chi connectivity index (χ1) is 4.20. The van der Waals surface area contributed by atoms with Gasteiger partial charge in [-0.3, -0.25) is 0 Å². The second-order valence-corrected chi connectivity index (χ2v) is 2.37. The van der Waals surface area contributed by atoms with E-state index < -0.39 is 0 Å². The van der Waals surface area contributed by atoms with E-state index in [1.54, 1.807) is 6.20 Å². The van der Waals surface area contributed by atoms with Crippen molar-refractivity contribution < 1.29 is 0 Å². The van der Waals surface area contributed by atoms with Crippen LogP contribution in [0.2, 0.25) is 0 Å². The van der Waals surface area contributed by atoms with Crippen molar-refractivity contribution in [2.75, 3.05) is 0 Å². The molecule has 1 rings (SSSR count). The van der Waals surface area contributed by atoms with Crippen LogP contribution in [0.25, 0.3) is 0 Å². The Morgan fingerprint density at radius 2 is 2.56 bits per heavy atom. The predicted octanol–water partition coefficient (Wildman–Crippen LogP) is 0.0640. The number of nitrogens with zero attached hydrogens (tertiary/aromatic N) is 1. The second kappa shape index (κ2) is 2.31. The van der Waals surface area contributed by atoms with Gasteiger partial charge in [0.25, 0.3) is 0 Å². The Kier molecular flexibility index (Phi) is 1.66. The molecule has 0 aromatic heterocycles. The zero-order valence-corrected chi connectivity index (χ0v) is 6.02. The van der Waals surface area contributed by atoms with E-state index in [-0.39, 0.29) is 5.50 Å². The van der Waals surface area contributed by atoms with Gasteiger partial charge in [0, 0.05) is 11.8 Å². The van der Waals surface area contributed by atoms with Gasteiger partial charge < -0.3 is 11.1 Å². The van der Waals surface area contributed by atoms with E-state index in [0.29, 0.717) is 5.84 Å². The van der Waals surface area contributed by atoms with Crippen LogP contribution in [0.3, 0.4) is 0 Å². The molecule has 1 heterocycles. The summed E-state index contributed by atoms with van der Waals surface area (Å²) in [5.41, 5.74) is 6.25. The average Bonchev–Trinajstić information content (AvgIpc) is 1.80. The Balaban J connectivity index is 2.75. The first kappa shape index (κ1) is 6.48. The zero-order valence-electron chi connectivity index (χ0n) is 5.13. The van der Waals surface area contributed by atoms with Gasteiger partial charge in [-0.05, 0) is 6.92 Å². The molecule has 0 aromatic rings. The maximum atomic E-state index is 5.46. The summed E-state index contributed by atoms with van der Waals surface area (Å²) in [6, 6.07) is 0. The average molecular weight is 143 g/mol. The number of hydrogen-bond acceptors (Lipinski definition) is 4. The fourth-order valence-corrected chi connectivity index (χ4v) is 0.743. The molecule has 3 nitrogen and oxygen atoms in total. The fourth-order valence-electron chi connectivity index (χ4n) is 0.544. The van der Waals surface area contributed by atoms with E-state index in [1.165, 1.54) is 0 Å². The molecule has 1 atom stereocenters. The van der Waals surface area contributed by atoms with E-state index in [9.17, 15) is 0 Å². The molecule has 50 valence electrons. The normalized spacial score (nSPS) is 26.2. The Morgan fingerprint density at radius 1 is 1.89 bits per heavy atom. The molecule has 9 heavy (non-hydrogen) atoms. The first-order valence-electron chi connectivity index (χ1n) is 2.64. The van der Waals surface area contributed by atoms with Crippen molar-refractivity contribution in [3.63, 3.8) is 0 Å². The van der Waals surface area contributed by atoms with Crippen molar-refractivity contribution in [2.24, 2.45) is 10.7 Å². The molecule has 0 amide bonds. The fraction of sp³-hybridized carbons (Fsp3) is 0.400. The number of aliphatic imine (C=N–C) groups is 1. The van der Waals surface area contributed by atoms with E-state index in [1.807, 2.05) is 6.92 Å². The number of nitrogens with one attached hydrogen (secondary N) is 1.